The fourth-order valence-corrected chi connectivity index (χ4v) is 4.28. The molecule has 1 aliphatic rings. The highest BCUT2D eigenvalue weighted by Crippen LogP contribution is 2.36. The zero-order valence-electron chi connectivity index (χ0n) is 16.4. The molecule has 3 aromatic carbocycles. The Bertz CT molecular complexity index is 1260. The van der Waals surface area contributed by atoms with Gasteiger partial charge in [-0.3, -0.25) is 14.5 Å². The Labute approximate surface area is 207 Å². The first kappa shape index (κ1) is 22.5. The number of aromatic hydroxyl groups is 1. The number of hydrogen-bond acceptors (Lipinski definition) is 6. The minimum Gasteiger partial charge on any atom is -0.507 e. The van der Waals surface area contributed by atoms with Gasteiger partial charge in [0.2, 0.25) is 0 Å². The van der Waals surface area contributed by atoms with Crippen LogP contribution in [0.3, 0.4) is 0 Å². The molecule has 0 bridgehead atoms. The quantitative estimate of drug-likeness (QED) is 0.197. The second kappa shape index (κ2) is 9.85. The highest BCUT2D eigenvalue weighted by molar-refractivity contribution is 14.1. The van der Waals surface area contributed by atoms with Gasteiger partial charge in [0.05, 0.1) is 22.2 Å². The van der Waals surface area contributed by atoms with Crippen molar-refractivity contribution in [2.24, 2.45) is 10.2 Å². The minimum absolute atomic E-state index is 0.0360. The van der Waals surface area contributed by atoms with Gasteiger partial charge in [-0.15, -0.1) is 5.11 Å². The van der Waals surface area contributed by atoms with Gasteiger partial charge in [0.15, 0.2) is 0 Å². The Morgan fingerprint density at radius 2 is 1.78 bits per heavy atom. The van der Waals surface area contributed by atoms with Gasteiger partial charge in [0.25, 0.3) is 11.1 Å². The van der Waals surface area contributed by atoms with Crippen LogP contribution in [0.5, 0.6) is 5.75 Å². The molecule has 0 atom stereocenters. The Kier molecular flexibility index (Phi) is 6.92. The van der Waals surface area contributed by atoms with Crippen LogP contribution in [-0.2, 0) is 11.3 Å². The van der Waals surface area contributed by atoms with Gasteiger partial charge in [-0.05, 0) is 88.5 Å². The van der Waals surface area contributed by atoms with Gasteiger partial charge >= 0.3 is 0 Å². The van der Waals surface area contributed by atoms with E-state index in [0.29, 0.717) is 22.0 Å². The lowest BCUT2D eigenvalue weighted by atomic mass is 10.1. The van der Waals surface area contributed by atoms with Crippen molar-refractivity contribution in [2.45, 2.75) is 6.54 Å². The molecule has 0 radical (unpaired) electrons. The number of nitrogens with zero attached hydrogens (tertiary/aromatic N) is 3. The molecule has 6 nitrogen and oxygen atoms in total. The molecule has 0 spiro atoms. The van der Waals surface area contributed by atoms with E-state index < -0.39 is 5.91 Å². The minimum atomic E-state index is -0.402. The summed E-state index contributed by atoms with van der Waals surface area (Å²) in [5.41, 5.74) is 2.20. The molecular formula is C23H15ClIN3O3S. The van der Waals surface area contributed by atoms with Crippen molar-refractivity contribution < 1.29 is 14.7 Å². The molecule has 1 fully saturated rings. The third-order valence-corrected chi connectivity index (χ3v) is 6.50. The van der Waals surface area contributed by atoms with E-state index in [1.54, 1.807) is 36.4 Å². The topological polar surface area (TPSA) is 82.3 Å². The van der Waals surface area contributed by atoms with Crippen molar-refractivity contribution in [3.8, 4) is 5.75 Å². The summed E-state index contributed by atoms with van der Waals surface area (Å²) in [6.07, 6.45) is 1.49. The summed E-state index contributed by atoms with van der Waals surface area (Å²) >= 11 is 9.13. The molecule has 0 unspecified atom stereocenters. The molecule has 1 aliphatic heterocycles. The summed E-state index contributed by atoms with van der Waals surface area (Å²) in [5.74, 6) is -0.438. The predicted octanol–water partition coefficient (Wildman–Crippen LogP) is 7.30. The maximum Gasteiger partial charge on any atom is 0.293 e. The molecule has 0 aromatic heterocycles. The lowest BCUT2D eigenvalue weighted by molar-refractivity contribution is -0.123. The van der Waals surface area contributed by atoms with Crippen LogP contribution in [0.15, 0.2) is 81.9 Å². The molecule has 1 N–H and O–H groups in total. The van der Waals surface area contributed by atoms with Crippen LogP contribution in [0.25, 0.3) is 6.08 Å². The summed E-state index contributed by atoms with van der Waals surface area (Å²) in [6.45, 7) is 0.191. The third kappa shape index (κ3) is 5.20. The molecule has 3 aromatic rings. The van der Waals surface area contributed by atoms with E-state index in [1.807, 2.05) is 24.3 Å². The molecule has 2 amide bonds. The number of phenolic OH excluding ortho intramolecular Hbond substituents is 1. The number of carbonyl (C=O) groups excluding carboxylic acids is 2. The van der Waals surface area contributed by atoms with Crippen LogP contribution in [-0.4, -0.2) is 21.2 Å². The van der Waals surface area contributed by atoms with Crippen molar-refractivity contribution in [1.82, 2.24) is 4.90 Å². The second-order valence-corrected chi connectivity index (χ2v) is 9.43. The number of benzene rings is 3. The molecule has 0 aliphatic carbocycles. The van der Waals surface area contributed by atoms with Crippen molar-refractivity contribution >= 4 is 74.6 Å². The van der Waals surface area contributed by atoms with Crippen molar-refractivity contribution in [3.63, 3.8) is 0 Å². The maximum atomic E-state index is 12.8. The van der Waals surface area contributed by atoms with Crippen LogP contribution < -0.4 is 0 Å². The molecule has 4 rings (SSSR count). The Morgan fingerprint density at radius 3 is 2.53 bits per heavy atom. The average Bonchev–Trinajstić information content (AvgIpc) is 3.04. The van der Waals surface area contributed by atoms with Crippen molar-refractivity contribution in [1.29, 1.82) is 0 Å². The smallest absolute Gasteiger partial charge is 0.293 e. The SMILES string of the molecule is O=C1S/C(=C\c2cc(N=Nc3ccccc3Cl)ccc2O)C(=O)N1Cc1ccc(I)cc1. The van der Waals surface area contributed by atoms with E-state index in [0.717, 1.165) is 20.9 Å². The molecule has 1 saturated heterocycles. The van der Waals surface area contributed by atoms with E-state index in [4.69, 9.17) is 11.6 Å². The number of phenols is 1. The fourth-order valence-electron chi connectivity index (χ4n) is 2.91. The number of imide groups is 1. The summed E-state index contributed by atoms with van der Waals surface area (Å²) < 4.78 is 1.07. The first-order valence-electron chi connectivity index (χ1n) is 9.40. The predicted molar refractivity (Wildman–Crippen MR) is 134 cm³/mol. The first-order valence-corrected chi connectivity index (χ1v) is 11.7. The number of halogens is 2. The summed E-state index contributed by atoms with van der Waals surface area (Å²) in [6, 6.07) is 19.3. The normalized spacial score (nSPS) is 15.3. The van der Waals surface area contributed by atoms with Crippen molar-refractivity contribution in [2.75, 3.05) is 0 Å². The van der Waals surface area contributed by atoms with E-state index in [-0.39, 0.29) is 22.4 Å². The Morgan fingerprint density at radius 1 is 1.03 bits per heavy atom. The zero-order chi connectivity index (χ0) is 22.7. The molecule has 32 heavy (non-hydrogen) atoms. The number of thioether (sulfide) groups is 1. The third-order valence-electron chi connectivity index (χ3n) is 4.55. The number of azo groups is 1. The molecular weight excluding hydrogens is 561 g/mol. The molecule has 160 valence electrons. The summed E-state index contributed by atoms with van der Waals surface area (Å²) in [4.78, 5) is 26.7. The number of carbonyl (C=O) groups is 2. The van der Waals surface area contributed by atoms with Crippen LogP contribution in [0.1, 0.15) is 11.1 Å². The van der Waals surface area contributed by atoms with Gasteiger partial charge in [-0.25, -0.2) is 0 Å². The molecule has 0 saturated carbocycles. The van der Waals surface area contributed by atoms with Crippen LogP contribution in [0.4, 0.5) is 16.2 Å². The van der Waals surface area contributed by atoms with Gasteiger partial charge in [-0.1, -0.05) is 35.9 Å². The Hall–Kier alpha value is -2.69. The van der Waals surface area contributed by atoms with Crippen LogP contribution >= 0.6 is 46.0 Å². The summed E-state index contributed by atoms with van der Waals surface area (Å²) in [7, 11) is 0. The number of rotatable bonds is 5. The van der Waals surface area contributed by atoms with Gasteiger partial charge in [0, 0.05) is 9.13 Å². The number of amides is 2. The van der Waals surface area contributed by atoms with E-state index in [2.05, 4.69) is 32.8 Å². The zero-order valence-corrected chi connectivity index (χ0v) is 20.1. The largest absolute Gasteiger partial charge is 0.507 e. The standard InChI is InChI=1S/C23H15ClIN3O3S/c24-18-3-1-2-4-19(18)27-26-17-9-10-20(29)15(11-17)12-21-22(30)28(23(31)32-21)13-14-5-7-16(25)8-6-14/h1-12,29H,13H2/b21-12-,27-26?. The van der Waals surface area contributed by atoms with E-state index in [9.17, 15) is 14.7 Å². The summed E-state index contributed by atoms with van der Waals surface area (Å²) in [5, 5.41) is 18.6. The van der Waals surface area contributed by atoms with Gasteiger partial charge in [0.1, 0.15) is 11.4 Å². The average molecular weight is 576 g/mol. The van der Waals surface area contributed by atoms with Gasteiger partial charge < -0.3 is 5.11 Å². The van der Waals surface area contributed by atoms with E-state index in [1.165, 1.54) is 17.0 Å². The second-order valence-electron chi connectivity index (χ2n) is 6.79. The lowest BCUT2D eigenvalue weighted by Crippen LogP contribution is -2.27. The van der Waals surface area contributed by atoms with Crippen LogP contribution in [0.2, 0.25) is 5.02 Å². The van der Waals surface area contributed by atoms with E-state index >= 15 is 0 Å². The molecule has 1 heterocycles. The monoisotopic (exact) mass is 575 g/mol. The fraction of sp³-hybridized carbons (Fsp3) is 0.0435. The van der Waals surface area contributed by atoms with Gasteiger partial charge in [-0.2, -0.15) is 5.11 Å². The number of hydrogen-bond donors (Lipinski definition) is 1. The van der Waals surface area contributed by atoms with Crippen molar-refractivity contribution in [3.05, 3.63) is 91.4 Å². The lowest BCUT2D eigenvalue weighted by Gasteiger charge is -2.12. The Balaban J connectivity index is 1.56. The van der Waals surface area contributed by atoms with Crippen LogP contribution in [0, 0.1) is 3.57 Å². The highest BCUT2D eigenvalue weighted by atomic mass is 127. The first-order chi connectivity index (χ1) is 15.4. The molecule has 9 heteroatoms. The maximum absolute atomic E-state index is 12.8. The highest BCUT2D eigenvalue weighted by Gasteiger charge is 2.35.